The maximum absolute atomic E-state index is 12.9. The number of carbonyl (C=O) groups excluding carboxylic acids is 2. The fraction of sp³-hybridized carbons (Fsp3) is 0.385. The van der Waals surface area contributed by atoms with Gasteiger partial charge in [-0.15, -0.1) is 8.78 Å². The number of ether oxygens (including phenoxy) is 2. The van der Waals surface area contributed by atoms with E-state index in [9.17, 15) is 18.4 Å². The Morgan fingerprint density at radius 1 is 1.23 bits per heavy atom. The Labute approximate surface area is 125 Å². The van der Waals surface area contributed by atoms with E-state index in [-0.39, 0.29) is 24.1 Å². The second kappa shape index (κ2) is 6.04. The van der Waals surface area contributed by atoms with Crippen LogP contribution in [0.5, 0.6) is 11.5 Å². The number of hydrogen-bond donors (Lipinski definition) is 3. The predicted molar refractivity (Wildman–Crippen MR) is 72.9 cm³/mol. The van der Waals surface area contributed by atoms with E-state index in [1.165, 1.54) is 18.2 Å². The molecule has 0 aromatic heterocycles. The molecule has 9 heteroatoms. The Morgan fingerprint density at radius 3 is 2.59 bits per heavy atom. The van der Waals surface area contributed by atoms with Gasteiger partial charge in [0.05, 0.1) is 6.54 Å². The molecule has 0 unspecified atom stereocenters. The Hall–Kier alpha value is -2.58. The van der Waals surface area contributed by atoms with Gasteiger partial charge >= 0.3 is 12.3 Å². The van der Waals surface area contributed by atoms with Crippen LogP contribution in [0.25, 0.3) is 0 Å². The van der Waals surface area contributed by atoms with E-state index < -0.39 is 18.2 Å². The lowest BCUT2D eigenvalue weighted by Crippen LogP contribution is -2.44. The summed E-state index contributed by atoms with van der Waals surface area (Å²) in [5, 5.41) is 7.30. The quantitative estimate of drug-likeness (QED) is 0.786. The summed E-state index contributed by atoms with van der Waals surface area (Å²) in [6.07, 6.45) is -3.69. The van der Waals surface area contributed by atoms with E-state index in [0.717, 1.165) is 0 Å². The maximum atomic E-state index is 12.9. The fourth-order valence-electron chi connectivity index (χ4n) is 1.71. The van der Waals surface area contributed by atoms with Gasteiger partial charge in [0.15, 0.2) is 11.5 Å². The summed E-state index contributed by atoms with van der Waals surface area (Å²) in [5.41, 5.74) is 0.375. The lowest BCUT2D eigenvalue weighted by Gasteiger charge is -2.10. The second-order valence-electron chi connectivity index (χ2n) is 4.86. The molecule has 0 aliphatic carbocycles. The average molecular weight is 315 g/mol. The molecule has 0 atom stereocenters. The molecule has 0 spiro atoms. The van der Waals surface area contributed by atoms with E-state index in [1.807, 2.05) is 0 Å². The number of fused-ring (bicyclic) bond motifs is 1. The number of urea groups is 1. The van der Waals surface area contributed by atoms with Crippen LogP contribution in [0.3, 0.4) is 0 Å². The van der Waals surface area contributed by atoms with Crippen molar-refractivity contribution in [3.63, 3.8) is 0 Å². The summed E-state index contributed by atoms with van der Waals surface area (Å²) in [6, 6.07) is 3.31. The van der Waals surface area contributed by atoms with Crippen molar-refractivity contribution >= 4 is 17.6 Å². The number of carbonyl (C=O) groups is 2. The van der Waals surface area contributed by atoms with E-state index >= 15 is 0 Å². The van der Waals surface area contributed by atoms with Crippen LogP contribution < -0.4 is 25.4 Å². The van der Waals surface area contributed by atoms with Crippen LogP contribution in [0.4, 0.5) is 19.3 Å². The monoisotopic (exact) mass is 315 g/mol. The summed E-state index contributed by atoms with van der Waals surface area (Å²) in [4.78, 5) is 22.8. The van der Waals surface area contributed by atoms with Gasteiger partial charge in [-0.2, -0.15) is 0 Å². The average Bonchev–Trinajstić information content (AvgIpc) is 2.68. The molecule has 3 amide bonds. The Balaban J connectivity index is 1.86. The minimum Gasteiger partial charge on any atom is -0.395 e. The molecule has 2 rings (SSSR count). The zero-order valence-electron chi connectivity index (χ0n) is 11.9. The molecule has 1 heterocycles. The smallest absolute Gasteiger partial charge is 0.395 e. The lowest BCUT2D eigenvalue weighted by atomic mass is 10.3. The summed E-state index contributed by atoms with van der Waals surface area (Å²) in [6.45, 7) is 3.30. The first-order chi connectivity index (χ1) is 10.2. The van der Waals surface area contributed by atoms with Crippen LogP contribution >= 0.6 is 0 Å². The number of benzene rings is 1. The first-order valence-electron chi connectivity index (χ1n) is 6.49. The number of imide groups is 1. The topological polar surface area (TPSA) is 88.7 Å². The van der Waals surface area contributed by atoms with Gasteiger partial charge in [0.2, 0.25) is 5.91 Å². The Bertz CT molecular complexity index is 593. The molecule has 0 saturated heterocycles. The van der Waals surface area contributed by atoms with E-state index in [1.54, 1.807) is 13.8 Å². The largest absolute Gasteiger partial charge is 0.586 e. The normalized spacial score (nSPS) is 14.6. The van der Waals surface area contributed by atoms with Gasteiger partial charge in [0, 0.05) is 17.8 Å². The van der Waals surface area contributed by atoms with Crippen molar-refractivity contribution in [2.45, 2.75) is 26.2 Å². The molecule has 1 aliphatic heterocycles. The molecule has 120 valence electrons. The van der Waals surface area contributed by atoms with Crippen LogP contribution in [0.2, 0.25) is 0 Å². The van der Waals surface area contributed by atoms with Crippen LogP contribution in [-0.2, 0) is 4.79 Å². The van der Waals surface area contributed by atoms with Crippen LogP contribution in [-0.4, -0.2) is 30.8 Å². The molecular formula is C13H15F2N3O4. The third-order valence-electron chi connectivity index (χ3n) is 2.53. The van der Waals surface area contributed by atoms with Gasteiger partial charge in [-0.1, -0.05) is 0 Å². The summed E-state index contributed by atoms with van der Waals surface area (Å²) >= 11 is 0. The van der Waals surface area contributed by atoms with Crippen molar-refractivity contribution < 1.29 is 27.8 Å². The first-order valence-corrected chi connectivity index (χ1v) is 6.49. The molecule has 1 aromatic carbocycles. The molecule has 0 saturated carbocycles. The highest BCUT2D eigenvalue weighted by atomic mass is 19.3. The van der Waals surface area contributed by atoms with Gasteiger partial charge in [0.25, 0.3) is 0 Å². The van der Waals surface area contributed by atoms with Gasteiger partial charge in [0.1, 0.15) is 0 Å². The molecule has 1 aromatic rings. The van der Waals surface area contributed by atoms with E-state index in [4.69, 9.17) is 0 Å². The number of rotatable bonds is 4. The van der Waals surface area contributed by atoms with Crippen LogP contribution in [0.1, 0.15) is 13.8 Å². The lowest BCUT2D eigenvalue weighted by molar-refractivity contribution is -0.286. The Morgan fingerprint density at radius 2 is 1.91 bits per heavy atom. The standard InChI is InChI=1S/C13H15F2N3O4/c1-7(2)17-12(20)18-11(19)6-16-8-3-4-9-10(5-8)22-13(14,15)21-9/h3-5,7,16H,6H2,1-2H3,(H2,17,18,19,20). The minimum atomic E-state index is -3.69. The zero-order valence-corrected chi connectivity index (χ0v) is 11.9. The van der Waals surface area contributed by atoms with Crippen molar-refractivity contribution in [3.05, 3.63) is 18.2 Å². The summed E-state index contributed by atoms with van der Waals surface area (Å²) < 4.78 is 34.3. The highest BCUT2D eigenvalue weighted by molar-refractivity contribution is 5.96. The number of alkyl halides is 2. The zero-order chi connectivity index (χ0) is 16.3. The number of hydrogen-bond acceptors (Lipinski definition) is 5. The molecule has 3 N–H and O–H groups in total. The van der Waals surface area contributed by atoms with Crippen molar-refractivity contribution in [2.24, 2.45) is 0 Å². The van der Waals surface area contributed by atoms with Gasteiger partial charge < -0.3 is 20.1 Å². The maximum Gasteiger partial charge on any atom is 0.586 e. The van der Waals surface area contributed by atoms with Crippen molar-refractivity contribution in [1.29, 1.82) is 0 Å². The molecule has 7 nitrogen and oxygen atoms in total. The van der Waals surface area contributed by atoms with Crippen molar-refractivity contribution in [1.82, 2.24) is 10.6 Å². The van der Waals surface area contributed by atoms with Crippen LogP contribution in [0, 0.1) is 0 Å². The third-order valence-corrected chi connectivity index (χ3v) is 2.53. The first kappa shape index (κ1) is 15.8. The predicted octanol–water partition coefficient (Wildman–Crippen LogP) is 1.65. The van der Waals surface area contributed by atoms with E-state index in [2.05, 4.69) is 25.4 Å². The summed E-state index contributed by atoms with van der Waals surface area (Å²) in [5.74, 6) is -0.787. The highest BCUT2D eigenvalue weighted by Crippen LogP contribution is 2.42. The van der Waals surface area contributed by atoms with Gasteiger partial charge in [-0.3, -0.25) is 10.1 Å². The molecule has 0 fully saturated rings. The second-order valence-corrected chi connectivity index (χ2v) is 4.86. The highest BCUT2D eigenvalue weighted by Gasteiger charge is 2.43. The third kappa shape index (κ3) is 4.21. The fourth-order valence-corrected chi connectivity index (χ4v) is 1.71. The van der Waals surface area contributed by atoms with Crippen LogP contribution in [0.15, 0.2) is 18.2 Å². The Kier molecular flexibility index (Phi) is 4.34. The molecule has 0 bridgehead atoms. The number of anilines is 1. The van der Waals surface area contributed by atoms with E-state index in [0.29, 0.717) is 5.69 Å². The number of halogens is 2. The molecule has 1 aliphatic rings. The van der Waals surface area contributed by atoms with Gasteiger partial charge in [-0.05, 0) is 26.0 Å². The SMILES string of the molecule is CC(C)NC(=O)NC(=O)CNc1ccc2c(c1)OC(F)(F)O2. The van der Waals surface area contributed by atoms with Crippen molar-refractivity contribution in [3.8, 4) is 11.5 Å². The minimum absolute atomic E-state index is 0.0867. The molecular weight excluding hydrogens is 300 g/mol. The molecule has 0 radical (unpaired) electrons. The summed E-state index contributed by atoms with van der Waals surface area (Å²) in [7, 11) is 0. The van der Waals surface area contributed by atoms with Crippen molar-refractivity contribution in [2.75, 3.05) is 11.9 Å². The number of nitrogens with one attached hydrogen (secondary N) is 3. The van der Waals surface area contributed by atoms with Gasteiger partial charge in [-0.25, -0.2) is 4.79 Å². The molecule has 22 heavy (non-hydrogen) atoms. The number of amides is 3.